The number of aromatic nitrogens is 1. The summed E-state index contributed by atoms with van der Waals surface area (Å²) >= 11 is 0. The molecule has 7 nitrogen and oxygen atoms in total. The number of aromatic amines is 1. The van der Waals surface area contributed by atoms with Crippen molar-refractivity contribution in [2.24, 2.45) is 0 Å². The number of benzene rings is 2. The van der Waals surface area contributed by atoms with Crippen molar-refractivity contribution in [1.29, 1.82) is 0 Å². The summed E-state index contributed by atoms with van der Waals surface area (Å²) < 4.78 is 16.1. The molecule has 4 aromatic rings. The van der Waals surface area contributed by atoms with Gasteiger partial charge in [-0.1, -0.05) is 36.4 Å². The molecule has 0 radical (unpaired) electrons. The molecule has 0 aliphatic carbocycles. The highest BCUT2D eigenvalue weighted by Gasteiger charge is 2.29. The average molecular weight is 433 g/mol. The molecule has 0 spiro atoms. The van der Waals surface area contributed by atoms with Crippen LogP contribution in [0.3, 0.4) is 0 Å². The lowest BCUT2D eigenvalue weighted by Gasteiger charge is -2.11. The average Bonchev–Trinajstić information content (AvgIpc) is 3.28. The molecular weight excluding hydrogens is 410 g/mol. The van der Waals surface area contributed by atoms with E-state index in [0.29, 0.717) is 28.0 Å². The van der Waals surface area contributed by atoms with Crippen molar-refractivity contribution in [2.75, 3.05) is 7.11 Å². The summed E-state index contributed by atoms with van der Waals surface area (Å²) in [5.41, 5.74) is 2.72. The summed E-state index contributed by atoms with van der Waals surface area (Å²) in [6, 6.07) is 11.6. The molecule has 2 heterocycles. The Morgan fingerprint density at radius 3 is 2.38 bits per heavy atom. The van der Waals surface area contributed by atoms with Crippen LogP contribution in [-0.4, -0.2) is 35.9 Å². The molecule has 2 aromatic heterocycles. The van der Waals surface area contributed by atoms with Crippen molar-refractivity contribution in [2.45, 2.75) is 33.8 Å². The zero-order valence-corrected chi connectivity index (χ0v) is 18.5. The van der Waals surface area contributed by atoms with E-state index >= 15 is 0 Å². The van der Waals surface area contributed by atoms with Crippen molar-refractivity contribution in [3.05, 3.63) is 70.2 Å². The van der Waals surface area contributed by atoms with E-state index in [1.165, 1.54) is 14.0 Å². The van der Waals surface area contributed by atoms with Gasteiger partial charge in [0.25, 0.3) is 0 Å². The van der Waals surface area contributed by atoms with Crippen LogP contribution in [0, 0.1) is 20.8 Å². The monoisotopic (exact) mass is 433 g/mol. The normalized spacial score (nSPS) is 12.2. The fraction of sp³-hybridized carbons (Fsp3) is 0.240. The zero-order valence-electron chi connectivity index (χ0n) is 18.5. The second-order valence-corrected chi connectivity index (χ2v) is 7.75. The van der Waals surface area contributed by atoms with Crippen LogP contribution in [0.5, 0.6) is 0 Å². The maximum absolute atomic E-state index is 12.9. The predicted molar refractivity (Wildman–Crippen MR) is 119 cm³/mol. The Labute approximate surface area is 184 Å². The topological polar surface area (TPSA) is 98.6 Å². The summed E-state index contributed by atoms with van der Waals surface area (Å²) in [7, 11) is 1.28. The first-order valence-corrected chi connectivity index (χ1v) is 10.2. The van der Waals surface area contributed by atoms with Gasteiger partial charge in [-0.15, -0.1) is 0 Å². The van der Waals surface area contributed by atoms with E-state index in [1.54, 1.807) is 20.8 Å². The highest BCUT2D eigenvalue weighted by molar-refractivity contribution is 6.09. The molecule has 164 valence electrons. The lowest BCUT2D eigenvalue weighted by Crippen LogP contribution is -2.25. The van der Waals surface area contributed by atoms with E-state index < -0.39 is 23.8 Å². The van der Waals surface area contributed by atoms with E-state index in [0.717, 1.165) is 16.2 Å². The van der Waals surface area contributed by atoms with Gasteiger partial charge < -0.3 is 18.9 Å². The van der Waals surface area contributed by atoms with Crippen molar-refractivity contribution >= 4 is 39.5 Å². The summed E-state index contributed by atoms with van der Waals surface area (Å²) in [5, 5.41) is 2.70. The van der Waals surface area contributed by atoms with Crippen LogP contribution in [0.2, 0.25) is 0 Å². The maximum Gasteiger partial charge on any atom is 0.375 e. The van der Waals surface area contributed by atoms with Gasteiger partial charge in [-0.05, 0) is 38.6 Å². The quantitative estimate of drug-likeness (QED) is 0.349. The van der Waals surface area contributed by atoms with E-state index in [-0.39, 0.29) is 11.5 Å². The molecular formula is C25H23NO6. The number of ketones is 1. The number of hydrogen-bond acceptors (Lipinski definition) is 6. The molecule has 0 aliphatic rings. The smallest absolute Gasteiger partial charge is 0.375 e. The van der Waals surface area contributed by atoms with E-state index in [4.69, 9.17) is 13.9 Å². The SMILES string of the molecule is COC(=O)c1c(C)[nH]c(C(=O)[C@@H](C)OC(=O)c2oc3c(ccc4ccccc43)c2C)c1C. The van der Waals surface area contributed by atoms with Crippen LogP contribution >= 0.6 is 0 Å². The third-order valence-electron chi connectivity index (χ3n) is 5.74. The Kier molecular flexibility index (Phi) is 5.34. The van der Waals surface area contributed by atoms with Gasteiger partial charge >= 0.3 is 11.9 Å². The van der Waals surface area contributed by atoms with Crippen molar-refractivity contribution in [3.63, 3.8) is 0 Å². The van der Waals surface area contributed by atoms with E-state index in [2.05, 4.69) is 4.98 Å². The number of furan rings is 1. The van der Waals surface area contributed by atoms with Crippen LogP contribution in [0.15, 0.2) is 40.8 Å². The molecule has 4 rings (SSSR count). The summed E-state index contributed by atoms with van der Waals surface area (Å²) in [6.07, 6.45) is -1.09. The summed E-state index contributed by atoms with van der Waals surface area (Å²) in [5.74, 6) is -1.65. The number of ether oxygens (including phenoxy) is 2. The second-order valence-electron chi connectivity index (χ2n) is 7.75. The molecule has 1 atom stereocenters. The first-order chi connectivity index (χ1) is 15.2. The van der Waals surface area contributed by atoms with Crippen LogP contribution in [0.4, 0.5) is 0 Å². The number of H-pyrrole nitrogens is 1. The number of carbonyl (C=O) groups excluding carboxylic acids is 3. The Bertz CT molecular complexity index is 1390. The fourth-order valence-corrected chi connectivity index (χ4v) is 4.02. The third kappa shape index (κ3) is 3.36. The summed E-state index contributed by atoms with van der Waals surface area (Å²) in [4.78, 5) is 40.7. The van der Waals surface area contributed by atoms with Gasteiger partial charge in [0.1, 0.15) is 5.58 Å². The lowest BCUT2D eigenvalue weighted by atomic mass is 10.1. The Morgan fingerprint density at radius 2 is 1.66 bits per heavy atom. The van der Waals surface area contributed by atoms with Gasteiger partial charge in [0.15, 0.2) is 6.10 Å². The molecule has 0 saturated carbocycles. The number of esters is 2. The van der Waals surface area contributed by atoms with Gasteiger partial charge in [0.2, 0.25) is 11.5 Å². The minimum absolute atomic E-state index is 0.0608. The van der Waals surface area contributed by atoms with Crippen molar-refractivity contribution in [3.8, 4) is 0 Å². The Balaban J connectivity index is 1.62. The first-order valence-electron chi connectivity index (χ1n) is 10.2. The number of Topliss-reactive ketones (excluding diaryl/α,β-unsaturated/α-hetero) is 1. The van der Waals surface area contributed by atoms with Crippen LogP contribution < -0.4 is 0 Å². The van der Waals surface area contributed by atoms with Gasteiger partial charge in [-0.2, -0.15) is 0 Å². The third-order valence-corrected chi connectivity index (χ3v) is 5.74. The molecule has 0 unspecified atom stereocenters. The zero-order chi connectivity index (χ0) is 23.2. The Hall–Kier alpha value is -3.87. The van der Waals surface area contributed by atoms with Crippen LogP contribution in [-0.2, 0) is 9.47 Å². The standard InChI is InChI=1S/C25H23NO6/c1-12-17-11-10-16-8-6-7-9-18(16)23(17)32-22(12)25(29)31-15(4)21(27)20-13(2)19(14(3)26-20)24(28)30-5/h6-11,15,26H,1-5H3/t15-/m1/s1. The van der Waals surface area contributed by atoms with Crippen molar-refractivity contribution in [1.82, 2.24) is 4.98 Å². The van der Waals surface area contributed by atoms with Gasteiger partial charge in [-0.25, -0.2) is 9.59 Å². The van der Waals surface area contributed by atoms with Crippen LogP contribution in [0.1, 0.15) is 55.1 Å². The highest BCUT2D eigenvalue weighted by atomic mass is 16.6. The molecule has 0 aliphatic heterocycles. The largest absolute Gasteiger partial charge is 0.465 e. The number of carbonyl (C=O) groups is 3. The number of rotatable bonds is 5. The second kappa shape index (κ2) is 8.00. The van der Waals surface area contributed by atoms with Gasteiger partial charge in [0.05, 0.1) is 18.4 Å². The minimum Gasteiger partial charge on any atom is -0.465 e. The maximum atomic E-state index is 12.9. The number of fused-ring (bicyclic) bond motifs is 3. The van der Waals surface area contributed by atoms with E-state index in [1.807, 2.05) is 36.4 Å². The molecule has 2 aromatic carbocycles. The summed E-state index contributed by atoms with van der Waals surface area (Å²) in [6.45, 7) is 6.59. The molecule has 0 fully saturated rings. The molecule has 0 saturated heterocycles. The lowest BCUT2D eigenvalue weighted by molar-refractivity contribution is 0.0288. The fourth-order valence-electron chi connectivity index (χ4n) is 4.02. The number of aryl methyl sites for hydroxylation is 2. The van der Waals surface area contributed by atoms with E-state index in [9.17, 15) is 14.4 Å². The number of hydrogen-bond donors (Lipinski definition) is 1. The molecule has 7 heteroatoms. The molecule has 32 heavy (non-hydrogen) atoms. The Morgan fingerprint density at radius 1 is 0.938 bits per heavy atom. The number of methoxy groups -OCH3 is 1. The van der Waals surface area contributed by atoms with Crippen molar-refractivity contribution < 1.29 is 28.3 Å². The highest BCUT2D eigenvalue weighted by Crippen LogP contribution is 2.32. The predicted octanol–water partition coefficient (Wildman–Crippen LogP) is 5.05. The molecule has 0 bridgehead atoms. The first kappa shape index (κ1) is 21.4. The van der Waals surface area contributed by atoms with Gasteiger partial charge in [-0.3, -0.25) is 4.79 Å². The molecule has 0 amide bonds. The number of nitrogens with one attached hydrogen (secondary N) is 1. The minimum atomic E-state index is -1.09. The molecule has 1 N–H and O–H groups in total. The van der Waals surface area contributed by atoms with Gasteiger partial charge in [0, 0.05) is 22.0 Å². The van der Waals surface area contributed by atoms with Crippen LogP contribution in [0.25, 0.3) is 21.7 Å².